The van der Waals surface area contributed by atoms with Crippen LogP contribution in [0, 0.1) is 0 Å². The van der Waals surface area contributed by atoms with Gasteiger partial charge in [-0.2, -0.15) is 0 Å². The van der Waals surface area contributed by atoms with Crippen LogP contribution in [0.15, 0.2) is 42.6 Å². The molecule has 138 valence electrons. The summed E-state index contributed by atoms with van der Waals surface area (Å²) in [6.45, 7) is 3.91. The largest absolute Gasteiger partial charge is 0.483 e. The van der Waals surface area contributed by atoms with E-state index in [1.165, 1.54) is 11.3 Å². The topological polar surface area (TPSA) is 86.2 Å². The molecule has 7 nitrogen and oxygen atoms in total. The number of carbonyl (C=O) groups is 1. The van der Waals surface area contributed by atoms with Crippen LogP contribution in [0.3, 0.4) is 0 Å². The van der Waals surface area contributed by atoms with Crippen LogP contribution in [-0.2, 0) is 11.2 Å². The Bertz CT molecular complexity index is 972. The molecule has 1 amide bonds. The molecule has 3 aromatic rings. The van der Waals surface area contributed by atoms with Crippen molar-refractivity contribution in [2.45, 2.75) is 25.9 Å². The molecule has 0 radical (unpaired) electrons. The van der Waals surface area contributed by atoms with Gasteiger partial charge in [-0.25, -0.2) is 0 Å². The predicted molar refractivity (Wildman–Crippen MR) is 102 cm³/mol. The van der Waals surface area contributed by atoms with Crippen molar-refractivity contribution in [3.8, 4) is 22.2 Å². The van der Waals surface area contributed by atoms with Gasteiger partial charge < -0.3 is 9.47 Å². The summed E-state index contributed by atoms with van der Waals surface area (Å²) in [5.74, 6) is 0.969. The normalized spacial score (nSPS) is 14.3. The molecule has 4 rings (SSSR count). The number of hydrogen-bond acceptors (Lipinski definition) is 7. The van der Waals surface area contributed by atoms with E-state index in [-0.39, 0.29) is 18.1 Å². The molecule has 0 saturated carbocycles. The first kappa shape index (κ1) is 17.4. The molecule has 0 bridgehead atoms. The maximum atomic E-state index is 12.2. The first-order valence-corrected chi connectivity index (χ1v) is 9.30. The van der Waals surface area contributed by atoms with Gasteiger partial charge in [0.05, 0.1) is 0 Å². The molecule has 0 fully saturated rings. The molecule has 27 heavy (non-hydrogen) atoms. The minimum absolute atomic E-state index is 0.140. The molecule has 1 aromatic carbocycles. The highest BCUT2D eigenvalue weighted by molar-refractivity contribution is 7.18. The summed E-state index contributed by atoms with van der Waals surface area (Å²) in [5, 5.41) is 11.8. The average Bonchev–Trinajstić information content (AvgIpc) is 3.23. The van der Waals surface area contributed by atoms with Crippen LogP contribution in [0.2, 0.25) is 0 Å². The third kappa shape index (κ3) is 3.90. The van der Waals surface area contributed by atoms with Gasteiger partial charge in [0.15, 0.2) is 23.1 Å². The van der Waals surface area contributed by atoms with E-state index in [4.69, 9.17) is 9.47 Å². The molecule has 2 aromatic heterocycles. The quantitative estimate of drug-likeness (QED) is 0.728. The summed E-state index contributed by atoms with van der Waals surface area (Å²) in [4.78, 5) is 16.4. The second-order valence-corrected chi connectivity index (χ2v) is 7.72. The predicted octanol–water partition coefficient (Wildman–Crippen LogP) is 3.33. The number of pyridine rings is 1. The van der Waals surface area contributed by atoms with Gasteiger partial charge in [0, 0.05) is 18.2 Å². The van der Waals surface area contributed by atoms with E-state index in [9.17, 15) is 4.79 Å². The third-order valence-electron chi connectivity index (χ3n) is 3.97. The molecular formula is C19H18N4O3S. The van der Waals surface area contributed by atoms with Crippen LogP contribution in [0.4, 0.5) is 5.13 Å². The summed E-state index contributed by atoms with van der Waals surface area (Å²) in [7, 11) is 0. The number of anilines is 1. The monoisotopic (exact) mass is 382 g/mol. The van der Waals surface area contributed by atoms with Gasteiger partial charge in [-0.3, -0.25) is 15.1 Å². The molecule has 3 heterocycles. The van der Waals surface area contributed by atoms with Gasteiger partial charge >= 0.3 is 0 Å². The number of amides is 1. The van der Waals surface area contributed by atoms with Crippen LogP contribution in [0.1, 0.15) is 19.4 Å². The van der Waals surface area contributed by atoms with Crippen molar-refractivity contribution in [3.63, 3.8) is 0 Å². The summed E-state index contributed by atoms with van der Waals surface area (Å²) in [6.07, 6.45) is 2.50. The Hall–Kier alpha value is -3.00. The SMILES string of the molecule is CC1(C)Cc2cccc(OCC(=O)Nc3nnc(-c4ccccn4)s3)c2O1. The smallest absolute Gasteiger partial charge is 0.264 e. The van der Waals surface area contributed by atoms with Gasteiger partial charge in [0.1, 0.15) is 11.3 Å². The highest BCUT2D eigenvalue weighted by Gasteiger charge is 2.32. The summed E-state index contributed by atoms with van der Waals surface area (Å²) >= 11 is 1.26. The van der Waals surface area contributed by atoms with Crippen LogP contribution < -0.4 is 14.8 Å². The van der Waals surface area contributed by atoms with E-state index in [0.717, 1.165) is 12.0 Å². The number of nitrogens with one attached hydrogen (secondary N) is 1. The van der Waals surface area contributed by atoms with E-state index >= 15 is 0 Å². The van der Waals surface area contributed by atoms with Crippen LogP contribution in [-0.4, -0.2) is 33.3 Å². The number of carbonyl (C=O) groups excluding carboxylic acids is 1. The second-order valence-electron chi connectivity index (χ2n) is 6.75. The minimum atomic E-state index is -0.311. The standard InChI is InChI=1S/C19H18N4O3S/c1-19(2)10-12-6-5-8-14(16(12)26-19)25-11-15(24)21-18-23-22-17(27-18)13-7-3-4-9-20-13/h3-9H,10-11H2,1-2H3,(H,21,23,24). The zero-order valence-electron chi connectivity index (χ0n) is 14.9. The lowest BCUT2D eigenvalue weighted by molar-refractivity contribution is -0.118. The molecule has 1 N–H and O–H groups in total. The summed E-state index contributed by atoms with van der Waals surface area (Å²) in [5.41, 5.74) is 1.53. The van der Waals surface area contributed by atoms with Crippen molar-refractivity contribution < 1.29 is 14.3 Å². The Morgan fingerprint density at radius 1 is 1.26 bits per heavy atom. The number of ether oxygens (including phenoxy) is 2. The van der Waals surface area contributed by atoms with E-state index in [2.05, 4.69) is 20.5 Å². The Balaban J connectivity index is 1.38. The van der Waals surface area contributed by atoms with Gasteiger partial charge in [-0.1, -0.05) is 29.5 Å². The van der Waals surface area contributed by atoms with Gasteiger partial charge in [-0.05, 0) is 32.0 Å². The Morgan fingerprint density at radius 2 is 2.15 bits per heavy atom. The lowest BCUT2D eigenvalue weighted by Gasteiger charge is -2.18. The Kier molecular flexibility index (Phi) is 4.49. The van der Waals surface area contributed by atoms with Crippen LogP contribution in [0.25, 0.3) is 10.7 Å². The van der Waals surface area contributed by atoms with E-state index < -0.39 is 0 Å². The maximum absolute atomic E-state index is 12.2. The maximum Gasteiger partial charge on any atom is 0.264 e. The van der Waals surface area contributed by atoms with Crippen LogP contribution >= 0.6 is 11.3 Å². The average molecular weight is 382 g/mol. The molecule has 1 aliphatic rings. The molecule has 0 saturated heterocycles. The molecule has 0 aliphatic carbocycles. The third-order valence-corrected chi connectivity index (χ3v) is 4.83. The highest BCUT2D eigenvalue weighted by atomic mass is 32.1. The van der Waals surface area contributed by atoms with Crippen molar-refractivity contribution in [1.29, 1.82) is 0 Å². The lowest BCUT2D eigenvalue weighted by Crippen LogP contribution is -2.25. The second kappa shape index (κ2) is 6.96. The minimum Gasteiger partial charge on any atom is -0.483 e. The van der Waals surface area contributed by atoms with E-state index in [1.807, 2.05) is 44.2 Å². The van der Waals surface area contributed by atoms with Crippen LogP contribution in [0.5, 0.6) is 11.5 Å². The fraction of sp³-hybridized carbons (Fsp3) is 0.263. The van der Waals surface area contributed by atoms with Crippen molar-refractivity contribution in [2.75, 3.05) is 11.9 Å². The Labute approximate surface area is 160 Å². The number of para-hydroxylation sites is 1. The summed E-state index contributed by atoms with van der Waals surface area (Å²) in [6, 6.07) is 11.3. The van der Waals surface area contributed by atoms with Crippen molar-refractivity contribution in [2.24, 2.45) is 0 Å². The first-order valence-electron chi connectivity index (χ1n) is 8.49. The van der Waals surface area contributed by atoms with Gasteiger partial charge in [-0.15, -0.1) is 10.2 Å². The molecule has 8 heteroatoms. The number of benzene rings is 1. The molecular weight excluding hydrogens is 364 g/mol. The van der Waals surface area contributed by atoms with E-state index in [0.29, 0.717) is 27.3 Å². The zero-order chi connectivity index (χ0) is 18.9. The number of rotatable bonds is 5. The van der Waals surface area contributed by atoms with Crippen molar-refractivity contribution in [3.05, 3.63) is 48.2 Å². The van der Waals surface area contributed by atoms with E-state index in [1.54, 1.807) is 12.3 Å². The number of hydrogen-bond donors (Lipinski definition) is 1. The van der Waals surface area contributed by atoms with Gasteiger partial charge in [0.2, 0.25) is 5.13 Å². The first-order chi connectivity index (χ1) is 13.0. The molecule has 0 unspecified atom stereocenters. The fourth-order valence-electron chi connectivity index (χ4n) is 2.87. The highest BCUT2D eigenvalue weighted by Crippen LogP contribution is 2.41. The van der Waals surface area contributed by atoms with Gasteiger partial charge in [0.25, 0.3) is 5.91 Å². The molecule has 1 aliphatic heterocycles. The van der Waals surface area contributed by atoms with Crippen molar-refractivity contribution in [1.82, 2.24) is 15.2 Å². The number of fused-ring (bicyclic) bond motifs is 1. The lowest BCUT2D eigenvalue weighted by atomic mass is 10.0. The number of nitrogens with zero attached hydrogens (tertiary/aromatic N) is 3. The molecule has 0 spiro atoms. The zero-order valence-corrected chi connectivity index (χ0v) is 15.7. The Morgan fingerprint density at radius 3 is 2.96 bits per heavy atom. The molecule has 0 atom stereocenters. The fourth-order valence-corrected chi connectivity index (χ4v) is 3.60. The van der Waals surface area contributed by atoms with Crippen molar-refractivity contribution >= 4 is 22.4 Å². The number of aromatic nitrogens is 3. The summed E-state index contributed by atoms with van der Waals surface area (Å²) < 4.78 is 11.6.